The van der Waals surface area contributed by atoms with Crippen molar-refractivity contribution in [3.8, 4) is 0 Å². The maximum absolute atomic E-state index is 10.5. The van der Waals surface area contributed by atoms with Crippen LogP contribution in [0.25, 0.3) is 0 Å². The topological polar surface area (TPSA) is 74.6 Å². The molecule has 0 aliphatic rings. The SMILES string of the molecule is O=C(O)c1ccccc1C(=O)O.[Ba+2].[Ca+2].[H-].[H-].[H-].[H-].[Zr]. The van der Waals surface area contributed by atoms with Crippen LogP contribution in [0.5, 0.6) is 0 Å². The monoisotopic (exact) mass is 438 g/mol. The molecule has 0 atom stereocenters. The van der Waals surface area contributed by atoms with E-state index in [1.54, 1.807) is 0 Å². The van der Waals surface area contributed by atoms with Crippen LogP contribution >= 0.6 is 0 Å². The molecule has 0 aliphatic heterocycles. The predicted molar refractivity (Wildman–Crippen MR) is 56.3 cm³/mol. The molecule has 1 rings (SSSR count). The second-order valence-corrected chi connectivity index (χ2v) is 2.16. The molecule has 0 radical (unpaired) electrons. The van der Waals surface area contributed by atoms with Gasteiger partial charge in [0.15, 0.2) is 0 Å². The van der Waals surface area contributed by atoms with Crippen LogP contribution < -0.4 is 0 Å². The smallest absolute Gasteiger partial charge is 1.00 e. The third-order valence-corrected chi connectivity index (χ3v) is 1.39. The molecule has 4 nitrogen and oxygen atoms in total. The zero-order chi connectivity index (χ0) is 9.14. The zero-order valence-corrected chi connectivity index (χ0v) is 17.0. The first-order valence-corrected chi connectivity index (χ1v) is 3.18. The van der Waals surface area contributed by atoms with Crippen LogP contribution in [0.1, 0.15) is 26.4 Å². The van der Waals surface area contributed by atoms with Gasteiger partial charge in [-0.05, 0) is 12.1 Å². The Morgan fingerprint density at radius 2 is 1.27 bits per heavy atom. The molecule has 0 saturated heterocycles. The van der Waals surface area contributed by atoms with Gasteiger partial charge in [0.2, 0.25) is 0 Å². The van der Waals surface area contributed by atoms with Crippen LogP contribution in [0.4, 0.5) is 0 Å². The normalized spacial score (nSPS) is 7.47. The number of hydrogen-bond acceptors (Lipinski definition) is 2. The maximum atomic E-state index is 10.5. The molecule has 0 unspecified atom stereocenters. The van der Waals surface area contributed by atoms with Crippen LogP contribution in [0.3, 0.4) is 0 Å². The molecule has 0 bridgehead atoms. The Kier molecular flexibility index (Phi) is 16.2. The van der Waals surface area contributed by atoms with E-state index in [4.69, 9.17) is 10.2 Å². The van der Waals surface area contributed by atoms with Gasteiger partial charge in [-0.2, -0.15) is 0 Å². The van der Waals surface area contributed by atoms with Crippen molar-refractivity contribution in [2.45, 2.75) is 0 Å². The fourth-order valence-electron chi connectivity index (χ4n) is 0.856. The Bertz CT molecular complexity index is 326. The molecule has 74 valence electrons. The first-order valence-electron chi connectivity index (χ1n) is 3.18. The Labute approximate surface area is 182 Å². The standard InChI is InChI=1S/C8H6O4.Ba.Ca.Zr.4H/c9-7(10)5-3-1-2-4-6(5)8(11)12;;;;;;;/h1-4H,(H,9,10)(H,11,12);;;;;;;/q;2*+2;;4*-1. The fourth-order valence-corrected chi connectivity index (χ4v) is 0.856. The molecule has 0 aromatic heterocycles. The summed E-state index contributed by atoms with van der Waals surface area (Å²) in [5, 5.41) is 17.1. The maximum Gasteiger partial charge on any atom is 2.00 e. The van der Waals surface area contributed by atoms with Gasteiger partial charge in [-0.15, -0.1) is 0 Å². The second kappa shape index (κ2) is 11.0. The molecule has 0 fully saturated rings. The van der Waals surface area contributed by atoms with Gasteiger partial charge >= 0.3 is 98.6 Å². The molecule has 15 heavy (non-hydrogen) atoms. The average molecular weight is 439 g/mol. The molecule has 1 aromatic carbocycles. The number of aromatic carboxylic acids is 2. The molecule has 0 saturated carbocycles. The van der Waals surface area contributed by atoms with Gasteiger partial charge in [0.25, 0.3) is 0 Å². The molecule has 1 aromatic rings. The summed E-state index contributed by atoms with van der Waals surface area (Å²) in [5.74, 6) is -2.46. The quantitative estimate of drug-likeness (QED) is 0.669. The molecule has 0 spiro atoms. The summed E-state index contributed by atoms with van der Waals surface area (Å²) in [6.07, 6.45) is 0. The second-order valence-electron chi connectivity index (χ2n) is 2.16. The predicted octanol–water partition coefficient (Wildman–Crippen LogP) is 0.769. The minimum atomic E-state index is -1.23. The van der Waals surface area contributed by atoms with E-state index in [2.05, 4.69) is 0 Å². The van der Waals surface area contributed by atoms with Gasteiger partial charge in [0, 0.05) is 26.2 Å². The van der Waals surface area contributed by atoms with E-state index in [-0.39, 0.29) is 130 Å². The van der Waals surface area contributed by atoms with Crippen molar-refractivity contribution < 1.29 is 51.7 Å². The van der Waals surface area contributed by atoms with Gasteiger partial charge in [-0.25, -0.2) is 9.59 Å². The van der Waals surface area contributed by atoms with Gasteiger partial charge in [-0.3, -0.25) is 0 Å². The van der Waals surface area contributed by atoms with E-state index < -0.39 is 11.9 Å². The van der Waals surface area contributed by atoms with E-state index in [0.717, 1.165) is 0 Å². The minimum absolute atomic E-state index is 0. The Balaban J connectivity index is -0.0000000411. The van der Waals surface area contributed by atoms with Crippen molar-refractivity contribution in [2.24, 2.45) is 0 Å². The molecule has 7 heteroatoms. The summed E-state index contributed by atoms with van der Waals surface area (Å²) in [4.78, 5) is 20.9. The van der Waals surface area contributed by atoms with Gasteiger partial charge in [0.05, 0.1) is 11.1 Å². The number of rotatable bonds is 2. The van der Waals surface area contributed by atoms with Gasteiger partial charge in [-0.1, -0.05) is 12.1 Å². The van der Waals surface area contributed by atoms with E-state index in [0.29, 0.717) is 0 Å². The summed E-state index contributed by atoms with van der Waals surface area (Å²) in [6.45, 7) is 0. The molecule has 0 heterocycles. The number of carboxylic acid groups (broad SMARTS) is 2. The average Bonchev–Trinajstić information content (AvgIpc) is 2.04. The number of carboxylic acids is 2. The van der Waals surface area contributed by atoms with E-state index in [1.165, 1.54) is 24.3 Å². The van der Waals surface area contributed by atoms with Crippen molar-refractivity contribution in [1.29, 1.82) is 0 Å². The summed E-state index contributed by atoms with van der Waals surface area (Å²) >= 11 is 0. The van der Waals surface area contributed by atoms with Crippen molar-refractivity contribution in [1.82, 2.24) is 0 Å². The third-order valence-electron chi connectivity index (χ3n) is 1.39. The van der Waals surface area contributed by atoms with Crippen LogP contribution in [0, 0.1) is 0 Å². The largest absolute Gasteiger partial charge is 2.00 e. The molecule has 0 amide bonds. The number of benzene rings is 1. The van der Waals surface area contributed by atoms with Gasteiger partial charge < -0.3 is 15.9 Å². The Hall–Kier alpha value is 1.87. The Morgan fingerprint density at radius 3 is 1.47 bits per heavy atom. The van der Waals surface area contributed by atoms with E-state index in [1.807, 2.05) is 0 Å². The number of hydrogen-bond donors (Lipinski definition) is 2. The van der Waals surface area contributed by atoms with Crippen molar-refractivity contribution in [3.05, 3.63) is 35.4 Å². The zero-order valence-electron chi connectivity index (χ0n) is 11.9. The van der Waals surface area contributed by atoms with Gasteiger partial charge in [0.1, 0.15) is 0 Å². The minimum Gasteiger partial charge on any atom is -1.00 e. The molecule has 2 N–H and O–H groups in total. The van der Waals surface area contributed by atoms with Crippen LogP contribution in [-0.2, 0) is 26.2 Å². The summed E-state index contributed by atoms with van der Waals surface area (Å²) in [7, 11) is 0. The molecular weight excluding hydrogens is 429 g/mol. The van der Waals surface area contributed by atoms with Crippen LogP contribution in [0.2, 0.25) is 0 Å². The fraction of sp³-hybridized carbons (Fsp3) is 0. The molecule has 0 aliphatic carbocycles. The third kappa shape index (κ3) is 7.01. The summed E-state index contributed by atoms with van der Waals surface area (Å²) in [5.41, 5.74) is -0.380. The first-order chi connectivity index (χ1) is 5.63. The van der Waals surface area contributed by atoms with Crippen LogP contribution in [-0.4, -0.2) is 109 Å². The summed E-state index contributed by atoms with van der Waals surface area (Å²) < 4.78 is 0. The molecular formula is C8H10BaCaO4Zr. The number of carbonyl (C=O) groups is 2. The summed E-state index contributed by atoms with van der Waals surface area (Å²) in [6, 6.07) is 5.48. The van der Waals surface area contributed by atoms with Crippen molar-refractivity contribution >= 4 is 98.6 Å². The Morgan fingerprint density at radius 1 is 1.00 bits per heavy atom. The van der Waals surface area contributed by atoms with Crippen LogP contribution in [0.15, 0.2) is 24.3 Å². The van der Waals surface area contributed by atoms with Crippen molar-refractivity contribution in [2.75, 3.05) is 0 Å². The van der Waals surface area contributed by atoms with E-state index in [9.17, 15) is 9.59 Å². The van der Waals surface area contributed by atoms with E-state index >= 15 is 0 Å². The first kappa shape index (κ1) is 22.1. The van der Waals surface area contributed by atoms with Crippen molar-refractivity contribution in [3.63, 3.8) is 0 Å².